The maximum absolute atomic E-state index is 6.33. The first-order chi connectivity index (χ1) is 9.15. The van der Waals surface area contributed by atoms with Gasteiger partial charge in [0, 0.05) is 19.7 Å². The highest BCUT2D eigenvalue weighted by molar-refractivity contribution is 5.12. The first-order valence-corrected chi connectivity index (χ1v) is 7.24. The SMILES string of the molecule is CCC(N)C(c1ccc(C)o1)N1CCCC(OC)C1. The second-order valence-corrected chi connectivity index (χ2v) is 5.46. The molecule has 0 radical (unpaired) electrons. The Morgan fingerprint density at radius 3 is 2.89 bits per heavy atom. The van der Waals surface area contributed by atoms with E-state index in [9.17, 15) is 0 Å². The first-order valence-electron chi connectivity index (χ1n) is 7.24. The molecule has 1 aliphatic rings. The molecular formula is C15H26N2O2. The lowest BCUT2D eigenvalue weighted by Gasteiger charge is -2.39. The molecule has 108 valence electrons. The van der Waals surface area contributed by atoms with Gasteiger partial charge in [0.05, 0.1) is 12.1 Å². The third-order valence-corrected chi connectivity index (χ3v) is 4.07. The molecule has 2 heterocycles. The summed E-state index contributed by atoms with van der Waals surface area (Å²) in [6.45, 7) is 6.12. The summed E-state index contributed by atoms with van der Waals surface area (Å²) in [6, 6.07) is 4.34. The van der Waals surface area contributed by atoms with E-state index in [0.717, 1.165) is 43.9 Å². The van der Waals surface area contributed by atoms with E-state index in [4.69, 9.17) is 14.9 Å². The van der Waals surface area contributed by atoms with E-state index in [1.807, 2.05) is 13.0 Å². The smallest absolute Gasteiger partial charge is 0.122 e. The van der Waals surface area contributed by atoms with Crippen molar-refractivity contribution in [1.82, 2.24) is 4.90 Å². The van der Waals surface area contributed by atoms with Gasteiger partial charge < -0.3 is 14.9 Å². The molecule has 0 bridgehead atoms. The predicted molar refractivity (Wildman–Crippen MR) is 76.1 cm³/mol. The Hall–Kier alpha value is -0.840. The number of rotatable bonds is 5. The summed E-state index contributed by atoms with van der Waals surface area (Å²) in [7, 11) is 1.79. The number of nitrogens with zero attached hydrogens (tertiary/aromatic N) is 1. The summed E-state index contributed by atoms with van der Waals surface area (Å²) < 4.78 is 11.3. The normalized spacial score (nSPS) is 24.3. The van der Waals surface area contributed by atoms with Crippen LogP contribution in [-0.4, -0.2) is 37.2 Å². The minimum absolute atomic E-state index is 0.0983. The van der Waals surface area contributed by atoms with Crippen LogP contribution in [0.3, 0.4) is 0 Å². The molecular weight excluding hydrogens is 240 g/mol. The number of furan rings is 1. The van der Waals surface area contributed by atoms with Gasteiger partial charge in [0.25, 0.3) is 0 Å². The topological polar surface area (TPSA) is 51.6 Å². The third kappa shape index (κ3) is 3.38. The van der Waals surface area contributed by atoms with Crippen LogP contribution in [0.2, 0.25) is 0 Å². The molecule has 0 aromatic carbocycles. The van der Waals surface area contributed by atoms with Gasteiger partial charge in [-0.05, 0) is 44.9 Å². The summed E-state index contributed by atoms with van der Waals surface area (Å²) >= 11 is 0. The maximum Gasteiger partial charge on any atom is 0.122 e. The van der Waals surface area contributed by atoms with E-state index < -0.39 is 0 Å². The van der Waals surface area contributed by atoms with Gasteiger partial charge in [0.15, 0.2) is 0 Å². The lowest BCUT2D eigenvalue weighted by Crippen LogP contribution is -2.47. The Morgan fingerprint density at radius 1 is 1.53 bits per heavy atom. The summed E-state index contributed by atoms with van der Waals surface area (Å²) in [5.74, 6) is 1.94. The van der Waals surface area contributed by atoms with Crippen LogP contribution in [0.4, 0.5) is 0 Å². The molecule has 0 saturated carbocycles. The summed E-state index contributed by atoms with van der Waals surface area (Å²) in [5.41, 5.74) is 6.33. The second-order valence-electron chi connectivity index (χ2n) is 5.46. The fourth-order valence-electron chi connectivity index (χ4n) is 2.91. The van der Waals surface area contributed by atoms with Crippen molar-refractivity contribution in [2.45, 2.75) is 51.3 Å². The van der Waals surface area contributed by atoms with Gasteiger partial charge in [0.2, 0.25) is 0 Å². The standard InChI is InChI=1S/C15H26N2O2/c1-4-13(16)15(14-8-7-11(2)19-14)17-9-5-6-12(10-17)18-3/h7-8,12-13,15H,4-6,9-10,16H2,1-3H3. The van der Waals surface area contributed by atoms with E-state index >= 15 is 0 Å². The van der Waals surface area contributed by atoms with Crippen molar-refractivity contribution in [3.63, 3.8) is 0 Å². The molecule has 1 aliphatic heterocycles. The molecule has 1 saturated heterocycles. The highest BCUT2D eigenvalue weighted by atomic mass is 16.5. The van der Waals surface area contributed by atoms with Crippen LogP contribution in [0.15, 0.2) is 16.5 Å². The van der Waals surface area contributed by atoms with Gasteiger partial charge in [-0.2, -0.15) is 0 Å². The zero-order valence-electron chi connectivity index (χ0n) is 12.3. The molecule has 2 rings (SSSR count). The van der Waals surface area contributed by atoms with Crippen molar-refractivity contribution < 1.29 is 9.15 Å². The minimum atomic E-state index is 0.0983. The second kappa shape index (κ2) is 6.55. The van der Waals surface area contributed by atoms with Crippen LogP contribution < -0.4 is 5.73 Å². The molecule has 19 heavy (non-hydrogen) atoms. The van der Waals surface area contributed by atoms with Crippen molar-refractivity contribution in [2.75, 3.05) is 20.2 Å². The molecule has 1 aromatic rings. The van der Waals surface area contributed by atoms with Crippen LogP contribution in [0.5, 0.6) is 0 Å². The molecule has 0 spiro atoms. The molecule has 1 aromatic heterocycles. The van der Waals surface area contributed by atoms with Crippen molar-refractivity contribution in [3.8, 4) is 0 Å². The summed E-state index contributed by atoms with van der Waals surface area (Å²) in [5, 5.41) is 0. The van der Waals surface area contributed by atoms with Crippen molar-refractivity contribution in [2.24, 2.45) is 5.73 Å². The van der Waals surface area contributed by atoms with Gasteiger partial charge in [-0.25, -0.2) is 0 Å². The number of nitrogens with two attached hydrogens (primary N) is 1. The molecule has 4 heteroatoms. The molecule has 0 aliphatic carbocycles. The first kappa shape index (κ1) is 14.6. The van der Waals surface area contributed by atoms with Crippen LogP contribution in [0.25, 0.3) is 0 Å². The molecule has 4 nitrogen and oxygen atoms in total. The van der Waals surface area contributed by atoms with Crippen LogP contribution in [0.1, 0.15) is 43.7 Å². The number of aryl methyl sites for hydroxylation is 1. The zero-order valence-corrected chi connectivity index (χ0v) is 12.3. The molecule has 3 atom stereocenters. The van der Waals surface area contributed by atoms with Gasteiger partial charge in [-0.15, -0.1) is 0 Å². The van der Waals surface area contributed by atoms with Gasteiger partial charge in [0.1, 0.15) is 11.5 Å². The number of piperidine rings is 1. The molecule has 2 N–H and O–H groups in total. The third-order valence-electron chi connectivity index (χ3n) is 4.07. The zero-order chi connectivity index (χ0) is 13.8. The Kier molecular flexibility index (Phi) is 5.02. The maximum atomic E-state index is 6.33. The van der Waals surface area contributed by atoms with Crippen LogP contribution >= 0.6 is 0 Å². The lowest BCUT2D eigenvalue weighted by molar-refractivity contribution is 0.00464. The number of methoxy groups -OCH3 is 1. The fourth-order valence-corrected chi connectivity index (χ4v) is 2.91. The average Bonchev–Trinajstić information content (AvgIpc) is 2.85. The Bertz CT molecular complexity index is 391. The Balaban J connectivity index is 2.17. The Morgan fingerprint density at radius 2 is 2.32 bits per heavy atom. The number of likely N-dealkylation sites (tertiary alicyclic amines) is 1. The number of ether oxygens (including phenoxy) is 1. The average molecular weight is 266 g/mol. The highest BCUT2D eigenvalue weighted by Gasteiger charge is 2.32. The monoisotopic (exact) mass is 266 g/mol. The van der Waals surface area contributed by atoms with E-state index in [2.05, 4.69) is 17.9 Å². The summed E-state index contributed by atoms with van der Waals surface area (Å²) in [6.07, 6.45) is 3.55. The fraction of sp³-hybridized carbons (Fsp3) is 0.733. The lowest BCUT2D eigenvalue weighted by atomic mass is 9.98. The highest BCUT2D eigenvalue weighted by Crippen LogP contribution is 2.30. The minimum Gasteiger partial charge on any atom is -0.465 e. The summed E-state index contributed by atoms with van der Waals surface area (Å²) in [4.78, 5) is 2.42. The quantitative estimate of drug-likeness (QED) is 0.889. The van der Waals surface area contributed by atoms with Gasteiger partial charge in [-0.3, -0.25) is 4.90 Å². The van der Waals surface area contributed by atoms with E-state index in [-0.39, 0.29) is 12.1 Å². The predicted octanol–water partition coefficient (Wildman–Crippen LogP) is 2.48. The number of hydrogen-bond acceptors (Lipinski definition) is 4. The molecule has 3 unspecified atom stereocenters. The molecule has 1 fully saturated rings. The van der Waals surface area contributed by atoms with Crippen molar-refractivity contribution >= 4 is 0 Å². The van der Waals surface area contributed by atoms with Crippen molar-refractivity contribution in [3.05, 3.63) is 23.7 Å². The van der Waals surface area contributed by atoms with Crippen LogP contribution in [-0.2, 0) is 4.74 Å². The molecule has 0 amide bonds. The van der Waals surface area contributed by atoms with E-state index in [1.54, 1.807) is 7.11 Å². The number of hydrogen-bond donors (Lipinski definition) is 1. The van der Waals surface area contributed by atoms with Crippen LogP contribution in [0, 0.1) is 6.92 Å². The van der Waals surface area contributed by atoms with Gasteiger partial charge in [-0.1, -0.05) is 6.92 Å². The van der Waals surface area contributed by atoms with Crippen molar-refractivity contribution in [1.29, 1.82) is 0 Å². The largest absolute Gasteiger partial charge is 0.465 e. The van der Waals surface area contributed by atoms with E-state index in [1.165, 1.54) is 0 Å². The van der Waals surface area contributed by atoms with E-state index in [0.29, 0.717) is 6.10 Å². The Labute approximate surface area is 115 Å². The van der Waals surface area contributed by atoms with Gasteiger partial charge >= 0.3 is 0 Å².